The van der Waals surface area contributed by atoms with E-state index in [9.17, 15) is 4.79 Å². The van der Waals surface area contributed by atoms with Gasteiger partial charge in [-0.05, 0) is 31.5 Å². The predicted molar refractivity (Wildman–Crippen MR) is 82.9 cm³/mol. The molecule has 0 bridgehead atoms. The molecule has 1 N–H and O–H groups in total. The average molecular weight is 325 g/mol. The molecule has 20 heavy (non-hydrogen) atoms. The van der Waals surface area contributed by atoms with Gasteiger partial charge in [0.1, 0.15) is 11.1 Å². The molecule has 6 heteroatoms. The lowest BCUT2D eigenvalue weighted by Gasteiger charge is -2.07. The molecule has 102 valence electrons. The highest BCUT2D eigenvalue weighted by atomic mass is 35.5. The van der Waals surface area contributed by atoms with Gasteiger partial charge in [0.15, 0.2) is 0 Å². The highest BCUT2D eigenvalue weighted by Gasteiger charge is 2.19. The Morgan fingerprint density at radius 2 is 1.90 bits per heavy atom. The first-order chi connectivity index (χ1) is 9.45. The number of nitriles is 1. The van der Waals surface area contributed by atoms with E-state index < -0.39 is 5.91 Å². The second kappa shape index (κ2) is 5.84. The van der Waals surface area contributed by atoms with Gasteiger partial charge in [-0.1, -0.05) is 29.3 Å². The van der Waals surface area contributed by atoms with Crippen molar-refractivity contribution in [3.8, 4) is 6.07 Å². The molecule has 0 saturated carbocycles. The van der Waals surface area contributed by atoms with E-state index in [0.29, 0.717) is 10.6 Å². The SMILES string of the molecule is Cc1sc(NC(=O)c2c(Cl)cccc2Cl)c(C#N)c1C. The van der Waals surface area contributed by atoms with Gasteiger partial charge in [0.2, 0.25) is 0 Å². The van der Waals surface area contributed by atoms with Crippen molar-refractivity contribution in [2.75, 3.05) is 5.32 Å². The fourth-order valence-corrected chi connectivity index (χ4v) is 3.30. The maximum atomic E-state index is 12.3. The van der Waals surface area contributed by atoms with Crippen molar-refractivity contribution in [2.45, 2.75) is 13.8 Å². The number of nitrogens with one attached hydrogen (secondary N) is 1. The summed E-state index contributed by atoms with van der Waals surface area (Å²) in [6.07, 6.45) is 0. The lowest BCUT2D eigenvalue weighted by atomic mass is 10.1. The minimum absolute atomic E-state index is 0.212. The summed E-state index contributed by atoms with van der Waals surface area (Å²) >= 11 is 13.3. The van der Waals surface area contributed by atoms with Gasteiger partial charge in [-0.25, -0.2) is 0 Å². The monoisotopic (exact) mass is 324 g/mol. The number of amides is 1. The number of benzene rings is 1. The number of aryl methyl sites for hydroxylation is 1. The molecular weight excluding hydrogens is 315 g/mol. The summed E-state index contributed by atoms with van der Waals surface area (Å²) in [7, 11) is 0. The predicted octanol–water partition coefficient (Wildman–Crippen LogP) is 4.80. The van der Waals surface area contributed by atoms with E-state index in [4.69, 9.17) is 28.5 Å². The van der Waals surface area contributed by atoms with Gasteiger partial charge in [-0.3, -0.25) is 4.79 Å². The second-order valence-corrected chi connectivity index (χ2v) is 6.19. The molecule has 0 aliphatic carbocycles. The number of nitrogens with zero attached hydrogens (tertiary/aromatic N) is 1. The first kappa shape index (κ1) is 14.9. The smallest absolute Gasteiger partial charge is 0.259 e. The maximum Gasteiger partial charge on any atom is 0.259 e. The third kappa shape index (κ3) is 2.66. The third-order valence-electron chi connectivity index (χ3n) is 2.91. The lowest BCUT2D eigenvalue weighted by molar-refractivity contribution is 0.102. The van der Waals surface area contributed by atoms with Crippen LogP contribution in [0.3, 0.4) is 0 Å². The Balaban J connectivity index is 2.39. The average Bonchev–Trinajstić information content (AvgIpc) is 2.64. The molecular formula is C14H10Cl2N2OS. The maximum absolute atomic E-state index is 12.3. The number of rotatable bonds is 2. The van der Waals surface area contributed by atoms with Crippen LogP contribution in [-0.4, -0.2) is 5.91 Å². The first-order valence-corrected chi connectivity index (χ1v) is 7.28. The van der Waals surface area contributed by atoms with Crippen molar-refractivity contribution in [2.24, 2.45) is 0 Å². The zero-order valence-corrected chi connectivity index (χ0v) is 13.1. The van der Waals surface area contributed by atoms with Crippen molar-refractivity contribution in [3.05, 3.63) is 49.8 Å². The van der Waals surface area contributed by atoms with Crippen molar-refractivity contribution in [3.63, 3.8) is 0 Å². The number of carbonyl (C=O) groups excluding carboxylic acids is 1. The molecule has 1 amide bonds. The third-order valence-corrected chi connectivity index (χ3v) is 4.67. The summed E-state index contributed by atoms with van der Waals surface area (Å²) in [6, 6.07) is 6.96. The van der Waals surface area contributed by atoms with E-state index in [0.717, 1.165) is 10.4 Å². The van der Waals surface area contributed by atoms with Crippen LogP contribution in [0.4, 0.5) is 5.00 Å². The lowest BCUT2D eigenvalue weighted by Crippen LogP contribution is -2.13. The van der Waals surface area contributed by atoms with Gasteiger partial charge in [0.05, 0.1) is 21.2 Å². The summed E-state index contributed by atoms with van der Waals surface area (Å²) in [4.78, 5) is 13.2. The fraction of sp³-hybridized carbons (Fsp3) is 0.143. The van der Waals surface area contributed by atoms with Gasteiger partial charge in [-0.2, -0.15) is 5.26 Å². The Bertz CT molecular complexity index is 711. The number of thiophene rings is 1. The summed E-state index contributed by atoms with van der Waals surface area (Å²) < 4.78 is 0. The molecule has 1 aromatic carbocycles. The number of hydrogen-bond donors (Lipinski definition) is 1. The summed E-state index contributed by atoms with van der Waals surface area (Å²) in [6.45, 7) is 3.75. The van der Waals surface area contributed by atoms with Crippen LogP contribution in [0.2, 0.25) is 10.0 Å². The molecule has 2 aromatic rings. The van der Waals surface area contributed by atoms with Crippen LogP contribution in [0.25, 0.3) is 0 Å². The Morgan fingerprint density at radius 1 is 1.30 bits per heavy atom. The zero-order chi connectivity index (χ0) is 14.9. The van der Waals surface area contributed by atoms with Gasteiger partial charge >= 0.3 is 0 Å². The summed E-state index contributed by atoms with van der Waals surface area (Å²) in [5, 5.41) is 12.9. The van der Waals surface area contributed by atoms with Crippen LogP contribution < -0.4 is 5.32 Å². The molecule has 0 fully saturated rings. The molecule has 3 nitrogen and oxygen atoms in total. The molecule has 0 unspecified atom stereocenters. The van der Waals surface area contributed by atoms with Crippen LogP contribution >= 0.6 is 34.5 Å². The van der Waals surface area contributed by atoms with Gasteiger partial charge in [0, 0.05) is 4.88 Å². The molecule has 0 aliphatic rings. The van der Waals surface area contributed by atoms with Crippen molar-refractivity contribution >= 4 is 45.4 Å². The van der Waals surface area contributed by atoms with Crippen LogP contribution in [0.5, 0.6) is 0 Å². The van der Waals surface area contributed by atoms with Crippen molar-refractivity contribution in [1.82, 2.24) is 0 Å². The molecule has 0 aliphatic heterocycles. The summed E-state index contributed by atoms with van der Waals surface area (Å²) in [5.41, 5.74) is 1.56. The fourth-order valence-electron chi connectivity index (χ4n) is 1.73. The Labute approximate surface area is 130 Å². The number of halogens is 2. The minimum atomic E-state index is -0.418. The van der Waals surface area contributed by atoms with Crippen LogP contribution in [-0.2, 0) is 0 Å². The normalized spacial score (nSPS) is 10.2. The molecule has 0 radical (unpaired) electrons. The topological polar surface area (TPSA) is 52.9 Å². The van der Waals surface area contributed by atoms with Crippen molar-refractivity contribution in [1.29, 1.82) is 5.26 Å². The van der Waals surface area contributed by atoms with Crippen LogP contribution in [0, 0.1) is 25.2 Å². The van der Waals surface area contributed by atoms with Crippen LogP contribution in [0.1, 0.15) is 26.4 Å². The quantitative estimate of drug-likeness (QED) is 0.862. The second-order valence-electron chi connectivity index (χ2n) is 4.15. The molecule has 1 aromatic heterocycles. The number of anilines is 1. The Hall–Kier alpha value is -1.54. The van der Waals surface area contributed by atoms with Gasteiger partial charge in [-0.15, -0.1) is 11.3 Å². The van der Waals surface area contributed by atoms with Gasteiger partial charge < -0.3 is 5.32 Å². The number of hydrogen-bond acceptors (Lipinski definition) is 3. The highest BCUT2D eigenvalue weighted by molar-refractivity contribution is 7.16. The molecule has 0 saturated heterocycles. The van der Waals surface area contributed by atoms with Crippen LogP contribution in [0.15, 0.2) is 18.2 Å². The Kier molecular flexibility index (Phi) is 4.34. The van der Waals surface area contributed by atoms with E-state index in [-0.39, 0.29) is 15.6 Å². The molecule has 1 heterocycles. The largest absolute Gasteiger partial charge is 0.312 e. The van der Waals surface area contributed by atoms with E-state index >= 15 is 0 Å². The standard InChI is InChI=1S/C14H10Cl2N2OS/c1-7-8(2)20-14(9(7)6-17)18-13(19)12-10(15)4-3-5-11(12)16/h3-5H,1-2H3,(H,18,19). The zero-order valence-electron chi connectivity index (χ0n) is 10.8. The van der Waals surface area contributed by atoms with Crippen molar-refractivity contribution < 1.29 is 4.79 Å². The minimum Gasteiger partial charge on any atom is -0.312 e. The van der Waals surface area contributed by atoms with E-state index in [2.05, 4.69) is 11.4 Å². The van der Waals surface area contributed by atoms with E-state index in [1.165, 1.54) is 11.3 Å². The van der Waals surface area contributed by atoms with E-state index in [1.54, 1.807) is 18.2 Å². The van der Waals surface area contributed by atoms with E-state index in [1.807, 2.05) is 13.8 Å². The summed E-state index contributed by atoms with van der Waals surface area (Å²) in [5.74, 6) is -0.418. The van der Waals surface area contributed by atoms with Gasteiger partial charge in [0.25, 0.3) is 5.91 Å². The molecule has 0 spiro atoms. The number of carbonyl (C=O) groups is 1. The highest BCUT2D eigenvalue weighted by Crippen LogP contribution is 2.33. The first-order valence-electron chi connectivity index (χ1n) is 5.71. The molecule has 0 atom stereocenters. The Morgan fingerprint density at radius 3 is 2.45 bits per heavy atom. The molecule has 2 rings (SSSR count).